The fraction of sp³-hybridized carbons (Fsp3) is 0.400. The third kappa shape index (κ3) is 3.11. The molecule has 0 saturated heterocycles. The van der Waals surface area contributed by atoms with Crippen LogP contribution in [0.25, 0.3) is 0 Å². The van der Waals surface area contributed by atoms with Crippen LogP contribution in [0.15, 0.2) is 23.6 Å². The summed E-state index contributed by atoms with van der Waals surface area (Å²) in [5.74, 6) is 1.73. The summed E-state index contributed by atoms with van der Waals surface area (Å²) in [5.41, 5.74) is 2.23. The Hall–Kier alpha value is -1.59. The van der Waals surface area contributed by atoms with Gasteiger partial charge in [0, 0.05) is 30.5 Å². The summed E-state index contributed by atoms with van der Waals surface area (Å²) in [6.07, 6.45) is 0.930. The molecule has 0 spiro atoms. The highest BCUT2D eigenvalue weighted by molar-refractivity contribution is 7.09. The highest BCUT2D eigenvalue weighted by atomic mass is 32.1. The van der Waals surface area contributed by atoms with Crippen molar-refractivity contribution in [3.8, 4) is 11.5 Å². The molecule has 0 bridgehead atoms. The molecule has 1 aliphatic rings. The number of hydrogen-bond donors (Lipinski definition) is 1. The molecule has 1 N–H and O–H groups in total. The second kappa shape index (κ2) is 6.24. The average molecular weight is 290 g/mol. The van der Waals surface area contributed by atoms with Gasteiger partial charge in [-0.15, -0.1) is 11.3 Å². The van der Waals surface area contributed by atoms with Crippen molar-refractivity contribution >= 4 is 11.3 Å². The zero-order valence-corrected chi connectivity index (χ0v) is 12.3. The van der Waals surface area contributed by atoms with E-state index in [2.05, 4.69) is 21.7 Å². The monoisotopic (exact) mass is 290 g/mol. The molecule has 0 aliphatic carbocycles. The maximum atomic E-state index is 5.81. The third-order valence-electron chi connectivity index (χ3n) is 3.14. The summed E-state index contributed by atoms with van der Waals surface area (Å²) >= 11 is 1.68. The number of ether oxygens (including phenoxy) is 2. The first kappa shape index (κ1) is 13.4. The number of benzene rings is 1. The fourth-order valence-electron chi connectivity index (χ4n) is 2.21. The van der Waals surface area contributed by atoms with E-state index in [1.807, 2.05) is 19.1 Å². The topological polar surface area (TPSA) is 43.4 Å². The summed E-state index contributed by atoms with van der Waals surface area (Å²) in [6.45, 7) is 4.99. The van der Waals surface area contributed by atoms with E-state index in [0.29, 0.717) is 0 Å². The van der Waals surface area contributed by atoms with E-state index in [9.17, 15) is 0 Å². The zero-order chi connectivity index (χ0) is 13.8. The number of thiazole rings is 1. The lowest BCUT2D eigenvalue weighted by atomic mass is 10.2. The van der Waals surface area contributed by atoms with Gasteiger partial charge in [0.2, 0.25) is 0 Å². The number of nitrogens with one attached hydrogen (secondary N) is 1. The largest absolute Gasteiger partial charge is 0.490 e. The molecule has 1 aliphatic heterocycles. The van der Waals surface area contributed by atoms with E-state index in [4.69, 9.17) is 9.47 Å². The average Bonchev–Trinajstić information content (AvgIpc) is 2.73. The van der Waals surface area contributed by atoms with E-state index < -0.39 is 0 Å². The number of fused-ring (bicyclic) bond motifs is 1. The fourth-order valence-corrected chi connectivity index (χ4v) is 2.82. The van der Waals surface area contributed by atoms with Crippen molar-refractivity contribution < 1.29 is 9.47 Å². The molecule has 106 valence electrons. The molecule has 5 heteroatoms. The Bertz CT molecular complexity index is 583. The van der Waals surface area contributed by atoms with Crippen LogP contribution in [-0.4, -0.2) is 18.2 Å². The summed E-state index contributed by atoms with van der Waals surface area (Å²) in [5, 5.41) is 6.60. The molecule has 0 amide bonds. The summed E-state index contributed by atoms with van der Waals surface area (Å²) in [6, 6.07) is 6.05. The minimum absolute atomic E-state index is 0.718. The van der Waals surface area contributed by atoms with Crippen molar-refractivity contribution in [1.29, 1.82) is 0 Å². The molecule has 1 aromatic heterocycles. The normalized spacial score (nSPS) is 14.1. The molecule has 0 radical (unpaired) electrons. The molecule has 0 fully saturated rings. The highest BCUT2D eigenvalue weighted by Crippen LogP contribution is 2.33. The van der Waals surface area contributed by atoms with Gasteiger partial charge in [0.05, 0.1) is 23.9 Å². The second-order valence-electron chi connectivity index (χ2n) is 4.76. The van der Waals surface area contributed by atoms with Crippen LogP contribution in [0.3, 0.4) is 0 Å². The Labute approximate surface area is 122 Å². The summed E-state index contributed by atoms with van der Waals surface area (Å²) in [4.78, 5) is 4.44. The van der Waals surface area contributed by atoms with Gasteiger partial charge in [0.1, 0.15) is 0 Å². The number of para-hydroxylation sites is 1. The minimum Gasteiger partial charge on any atom is -0.490 e. The number of aryl methyl sites for hydroxylation is 1. The van der Waals surface area contributed by atoms with Gasteiger partial charge in [0.15, 0.2) is 11.5 Å². The Morgan fingerprint density at radius 3 is 3.00 bits per heavy atom. The quantitative estimate of drug-likeness (QED) is 0.940. The third-order valence-corrected chi connectivity index (χ3v) is 3.96. The molecule has 3 rings (SSSR count). The van der Waals surface area contributed by atoms with Gasteiger partial charge in [0.25, 0.3) is 0 Å². The highest BCUT2D eigenvalue weighted by Gasteiger charge is 2.14. The molecule has 2 aromatic rings. The van der Waals surface area contributed by atoms with Crippen LogP contribution in [0.4, 0.5) is 0 Å². The van der Waals surface area contributed by atoms with Gasteiger partial charge in [-0.25, -0.2) is 4.98 Å². The molecule has 0 atom stereocenters. The molecule has 20 heavy (non-hydrogen) atoms. The van der Waals surface area contributed by atoms with Gasteiger partial charge in [-0.2, -0.15) is 0 Å². The lowest BCUT2D eigenvalue weighted by Gasteiger charge is -2.12. The van der Waals surface area contributed by atoms with Gasteiger partial charge in [-0.05, 0) is 13.0 Å². The van der Waals surface area contributed by atoms with Crippen LogP contribution in [0, 0.1) is 6.92 Å². The van der Waals surface area contributed by atoms with Crippen molar-refractivity contribution in [1.82, 2.24) is 10.3 Å². The zero-order valence-electron chi connectivity index (χ0n) is 11.5. The second-order valence-corrected chi connectivity index (χ2v) is 5.82. The van der Waals surface area contributed by atoms with E-state index in [1.165, 1.54) is 0 Å². The standard InChI is InChI=1S/C15H18N2O2S/c1-11-17-13(10-20-11)9-16-8-12-4-2-5-14-15(12)19-7-3-6-18-14/h2,4-5,10,16H,3,6-9H2,1H3. The van der Waals surface area contributed by atoms with E-state index in [0.717, 1.165) is 60.5 Å². The van der Waals surface area contributed by atoms with Crippen LogP contribution >= 0.6 is 11.3 Å². The SMILES string of the molecule is Cc1nc(CNCc2cccc3c2OCCCO3)cs1. The van der Waals surface area contributed by atoms with Crippen molar-refractivity contribution in [3.05, 3.63) is 39.8 Å². The van der Waals surface area contributed by atoms with Crippen LogP contribution in [-0.2, 0) is 13.1 Å². The minimum atomic E-state index is 0.718. The maximum Gasteiger partial charge on any atom is 0.165 e. The number of hydrogen-bond acceptors (Lipinski definition) is 5. The van der Waals surface area contributed by atoms with Crippen molar-refractivity contribution in [3.63, 3.8) is 0 Å². The van der Waals surface area contributed by atoms with Crippen LogP contribution < -0.4 is 14.8 Å². The van der Waals surface area contributed by atoms with Gasteiger partial charge >= 0.3 is 0 Å². The predicted octanol–water partition coefficient (Wildman–Crippen LogP) is 2.90. The van der Waals surface area contributed by atoms with Crippen molar-refractivity contribution in [2.75, 3.05) is 13.2 Å². The smallest absolute Gasteiger partial charge is 0.165 e. The molecular formula is C15H18N2O2S. The molecule has 2 heterocycles. The predicted molar refractivity (Wildman–Crippen MR) is 79.4 cm³/mol. The van der Waals surface area contributed by atoms with Crippen molar-refractivity contribution in [2.24, 2.45) is 0 Å². The van der Waals surface area contributed by atoms with E-state index in [1.54, 1.807) is 11.3 Å². The van der Waals surface area contributed by atoms with Crippen molar-refractivity contribution in [2.45, 2.75) is 26.4 Å². The summed E-state index contributed by atoms with van der Waals surface area (Å²) < 4.78 is 11.5. The van der Waals surface area contributed by atoms with Gasteiger partial charge in [-0.1, -0.05) is 12.1 Å². The van der Waals surface area contributed by atoms with Crippen LogP contribution in [0.1, 0.15) is 22.7 Å². The molecule has 4 nitrogen and oxygen atoms in total. The molecule has 0 unspecified atom stereocenters. The number of nitrogens with zero attached hydrogens (tertiary/aromatic N) is 1. The van der Waals surface area contributed by atoms with E-state index >= 15 is 0 Å². The number of rotatable bonds is 4. The first-order chi connectivity index (χ1) is 9.83. The Kier molecular flexibility index (Phi) is 4.18. The first-order valence-corrected chi connectivity index (χ1v) is 7.70. The van der Waals surface area contributed by atoms with E-state index in [-0.39, 0.29) is 0 Å². The van der Waals surface area contributed by atoms with Crippen LogP contribution in [0.2, 0.25) is 0 Å². The lowest BCUT2D eigenvalue weighted by Crippen LogP contribution is -2.14. The van der Waals surface area contributed by atoms with Gasteiger partial charge < -0.3 is 14.8 Å². The van der Waals surface area contributed by atoms with Crippen LogP contribution in [0.5, 0.6) is 11.5 Å². The lowest BCUT2D eigenvalue weighted by molar-refractivity contribution is 0.296. The first-order valence-electron chi connectivity index (χ1n) is 6.82. The van der Waals surface area contributed by atoms with Gasteiger partial charge in [-0.3, -0.25) is 0 Å². The molecular weight excluding hydrogens is 272 g/mol. The number of aromatic nitrogens is 1. The Morgan fingerprint density at radius 1 is 1.25 bits per heavy atom. The molecule has 0 saturated carbocycles. The summed E-state index contributed by atoms with van der Waals surface area (Å²) in [7, 11) is 0. The molecule has 1 aromatic carbocycles. The maximum absolute atomic E-state index is 5.81. The Morgan fingerprint density at radius 2 is 2.15 bits per heavy atom. The Balaban J connectivity index is 1.65.